The van der Waals surface area contributed by atoms with Gasteiger partial charge < -0.3 is 4.90 Å². The zero-order chi connectivity index (χ0) is 21.3. The summed E-state index contributed by atoms with van der Waals surface area (Å²) < 4.78 is 0. The number of fused-ring (bicyclic) bond motifs is 1. The topological polar surface area (TPSA) is 83.8 Å². The van der Waals surface area contributed by atoms with Crippen LogP contribution in [0.3, 0.4) is 0 Å². The molecular formula is C23H23N3O4. The van der Waals surface area contributed by atoms with Gasteiger partial charge in [-0.2, -0.15) is 0 Å². The molecule has 154 valence electrons. The van der Waals surface area contributed by atoms with E-state index in [2.05, 4.69) is 6.92 Å². The van der Waals surface area contributed by atoms with E-state index in [4.69, 9.17) is 0 Å². The molecule has 4 rings (SSSR count). The lowest BCUT2D eigenvalue weighted by Gasteiger charge is -2.21. The van der Waals surface area contributed by atoms with Gasteiger partial charge in [-0.15, -0.1) is 0 Å². The number of carbonyl (C=O) groups excluding carboxylic acids is 2. The maximum absolute atomic E-state index is 13.4. The van der Waals surface area contributed by atoms with Crippen LogP contribution in [0.5, 0.6) is 0 Å². The predicted molar refractivity (Wildman–Crippen MR) is 114 cm³/mol. The van der Waals surface area contributed by atoms with Gasteiger partial charge in [0, 0.05) is 30.9 Å². The number of hydrogen-bond acceptors (Lipinski definition) is 5. The molecule has 0 saturated heterocycles. The van der Waals surface area contributed by atoms with Crippen molar-refractivity contribution >= 4 is 28.8 Å². The first kappa shape index (κ1) is 19.8. The van der Waals surface area contributed by atoms with E-state index in [0.29, 0.717) is 29.9 Å². The minimum absolute atomic E-state index is 0.0519. The number of unbranched alkanes of at least 4 members (excludes halogenated alkanes) is 2. The third-order valence-electron chi connectivity index (χ3n) is 5.65. The molecule has 7 nitrogen and oxygen atoms in total. The summed E-state index contributed by atoms with van der Waals surface area (Å²) in [7, 11) is 0. The zero-order valence-electron chi connectivity index (χ0n) is 16.8. The van der Waals surface area contributed by atoms with E-state index in [-0.39, 0.29) is 17.5 Å². The van der Waals surface area contributed by atoms with Crippen molar-refractivity contribution in [3.05, 3.63) is 75.5 Å². The summed E-state index contributed by atoms with van der Waals surface area (Å²) in [5, 5.41) is 11.0. The molecular weight excluding hydrogens is 382 g/mol. The van der Waals surface area contributed by atoms with Crippen LogP contribution in [0.25, 0.3) is 5.57 Å². The molecule has 0 radical (unpaired) electrons. The van der Waals surface area contributed by atoms with Crippen molar-refractivity contribution in [1.82, 2.24) is 4.90 Å². The van der Waals surface area contributed by atoms with Gasteiger partial charge in [0.1, 0.15) is 5.70 Å². The van der Waals surface area contributed by atoms with Gasteiger partial charge in [0.15, 0.2) is 0 Å². The van der Waals surface area contributed by atoms with Crippen molar-refractivity contribution in [3.8, 4) is 0 Å². The summed E-state index contributed by atoms with van der Waals surface area (Å²) in [5.74, 6) is -0.620. The zero-order valence-corrected chi connectivity index (χ0v) is 16.8. The Balaban J connectivity index is 1.78. The number of anilines is 1. The molecule has 0 saturated carbocycles. The van der Waals surface area contributed by atoms with E-state index >= 15 is 0 Å². The minimum atomic E-state index is -0.478. The number of non-ortho nitro benzene ring substituents is 1. The molecule has 2 aliphatic heterocycles. The fourth-order valence-corrected chi connectivity index (χ4v) is 4.12. The Morgan fingerprint density at radius 1 is 1.00 bits per heavy atom. The Bertz CT molecular complexity index is 1040. The van der Waals surface area contributed by atoms with Crippen LogP contribution in [-0.4, -0.2) is 34.7 Å². The van der Waals surface area contributed by atoms with Crippen LogP contribution in [0.2, 0.25) is 0 Å². The number of carbonyl (C=O) groups is 2. The van der Waals surface area contributed by atoms with Crippen molar-refractivity contribution in [3.63, 3.8) is 0 Å². The molecule has 2 heterocycles. The lowest BCUT2D eigenvalue weighted by atomic mass is 10.0. The molecule has 7 heteroatoms. The van der Waals surface area contributed by atoms with Crippen LogP contribution in [0, 0.1) is 10.1 Å². The van der Waals surface area contributed by atoms with Crippen LogP contribution in [0.1, 0.15) is 37.3 Å². The SMILES string of the molecule is CCCCCN1C(=O)C(c2ccc([N+](=O)[O-])cc2)=C(N2CCc3ccccc32)C1=O. The van der Waals surface area contributed by atoms with E-state index in [1.807, 2.05) is 29.2 Å². The van der Waals surface area contributed by atoms with Crippen LogP contribution in [0.15, 0.2) is 54.2 Å². The average Bonchev–Trinajstić information content (AvgIpc) is 3.27. The minimum Gasteiger partial charge on any atom is -0.336 e. The molecule has 2 aliphatic rings. The fourth-order valence-electron chi connectivity index (χ4n) is 4.12. The third kappa shape index (κ3) is 3.36. The molecule has 2 aromatic rings. The van der Waals surface area contributed by atoms with Crippen LogP contribution >= 0.6 is 0 Å². The molecule has 0 aromatic heterocycles. The number of amides is 2. The molecule has 0 fully saturated rings. The molecule has 0 unspecified atom stereocenters. The Morgan fingerprint density at radius 3 is 2.43 bits per heavy atom. The van der Waals surface area contributed by atoms with Gasteiger partial charge in [0.25, 0.3) is 17.5 Å². The van der Waals surface area contributed by atoms with Gasteiger partial charge in [-0.05, 0) is 42.2 Å². The third-order valence-corrected chi connectivity index (χ3v) is 5.65. The number of hydrogen-bond donors (Lipinski definition) is 0. The molecule has 2 amide bonds. The van der Waals surface area contributed by atoms with Crippen LogP contribution in [-0.2, 0) is 16.0 Å². The molecule has 2 aromatic carbocycles. The van der Waals surface area contributed by atoms with Gasteiger partial charge in [0.05, 0.1) is 10.5 Å². The molecule has 0 spiro atoms. The standard InChI is InChI=1S/C23H23N3O4/c1-2-3-6-14-25-22(27)20(17-9-11-18(12-10-17)26(29)30)21(23(25)28)24-15-13-16-7-4-5-8-19(16)24/h4-5,7-12H,2-3,6,13-15H2,1H3. The molecule has 0 bridgehead atoms. The smallest absolute Gasteiger partial charge is 0.278 e. The quantitative estimate of drug-likeness (QED) is 0.302. The lowest BCUT2D eigenvalue weighted by Crippen LogP contribution is -2.35. The lowest BCUT2D eigenvalue weighted by molar-refractivity contribution is -0.384. The summed E-state index contributed by atoms with van der Waals surface area (Å²) in [4.78, 5) is 40.4. The highest BCUT2D eigenvalue weighted by Crippen LogP contribution is 2.38. The number of nitrogens with zero attached hydrogens (tertiary/aromatic N) is 3. The number of benzene rings is 2. The van der Waals surface area contributed by atoms with Crippen molar-refractivity contribution in [1.29, 1.82) is 0 Å². The summed E-state index contributed by atoms with van der Waals surface area (Å²) in [6.45, 7) is 3.06. The van der Waals surface area contributed by atoms with Gasteiger partial charge >= 0.3 is 0 Å². The number of imide groups is 1. The second kappa shape index (κ2) is 8.10. The first-order valence-electron chi connectivity index (χ1n) is 10.2. The van der Waals surface area contributed by atoms with E-state index in [1.54, 1.807) is 12.1 Å². The van der Waals surface area contributed by atoms with Crippen LogP contribution in [0.4, 0.5) is 11.4 Å². The first-order valence-corrected chi connectivity index (χ1v) is 10.2. The summed E-state index contributed by atoms with van der Waals surface area (Å²) in [6, 6.07) is 13.7. The van der Waals surface area contributed by atoms with Gasteiger partial charge in [-0.25, -0.2) is 0 Å². The van der Waals surface area contributed by atoms with Gasteiger partial charge in [-0.3, -0.25) is 24.6 Å². The number of para-hydroxylation sites is 1. The van der Waals surface area contributed by atoms with Crippen molar-refractivity contribution in [2.45, 2.75) is 32.6 Å². The molecule has 30 heavy (non-hydrogen) atoms. The number of nitro benzene ring substituents is 1. The second-order valence-corrected chi connectivity index (χ2v) is 7.53. The Hall–Kier alpha value is -3.48. The largest absolute Gasteiger partial charge is 0.336 e. The van der Waals surface area contributed by atoms with Gasteiger partial charge in [0.2, 0.25) is 0 Å². The summed E-state index contributed by atoms with van der Waals surface area (Å²) in [6.07, 6.45) is 3.48. The van der Waals surface area contributed by atoms with Gasteiger partial charge in [-0.1, -0.05) is 38.0 Å². The Kier molecular flexibility index (Phi) is 5.35. The molecule has 0 N–H and O–H groups in total. The van der Waals surface area contributed by atoms with E-state index < -0.39 is 4.92 Å². The van der Waals surface area contributed by atoms with E-state index in [9.17, 15) is 19.7 Å². The highest BCUT2D eigenvalue weighted by Gasteiger charge is 2.42. The van der Waals surface area contributed by atoms with Crippen LogP contribution < -0.4 is 4.90 Å². The van der Waals surface area contributed by atoms with Crippen molar-refractivity contribution < 1.29 is 14.5 Å². The predicted octanol–water partition coefficient (Wildman–Crippen LogP) is 3.93. The highest BCUT2D eigenvalue weighted by molar-refractivity contribution is 6.36. The molecule has 0 atom stereocenters. The summed E-state index contributed by atoms with van der Waals surface area (Å²) in [5.41, 5.74) is 3.24. The monoisotopic (exact) mass is 405 g/mol. The highest BCUT2D eigenvalue weighted by atomic mass is 16.6. The molecule has 0 aliphatic carbocycles. The number of nitro groups is 1. The Morgan fingerprint density at radius 2 is 1.73 bits per heavy atom. The normalized spacial score (nSPS) is 15.9. The first-order chi connectivity index (χ1) is 14.5. The fraction of sp³-hybridized carbons (Fsp3) is 0.304. The van der Waals surface area contributed by atoms with E-state index in [0.717, 1.165) is 36.9 Å². The number of rotatable bonds is 7. The van der Waals surface area contributed by atoms with Crippen molar-refractivity contribution in [2.75, 3.05) is 18.0 Å². The maximum atomic E-state index is 13.4. The summed E-state index contributed by atoms with van der Waals surface area (Å²) >= 11 is 0. The second-order valence-electron chi connectivity index (χ2n) is 7.53. The van der Waals surface area contributed by atoms with Crippen molar-refractivity contribution in [2.24, 2.45) is 0 Å². The Labute approximate surface area is 174 Å². The van der Waals surface area contributed by atoms with E-state index in [1.165, 1.54) is 17.0 Å². The maximum Gasteiger partial charge on any atom is 0.278 e. The average molecular weight is 405 g/mol.